The molecule has 0 aliphatic heterocycles. The lowest BCUT2D eigenvalue weighted by Gasteiger charge is -2.15. The molecule has 0 radical (unpaired) electrons. The van der Waals surface area contributed by atoms with Crippen LogP contribution in [0.5, 0.6) is 11.5 Å². The smallest absolute Gasteiger partial charge is 0.422 e. The molecule has 27 heavy (non-hydrogen) atoms. The van der Waals surface area contributed by atoms with Gasteiger partial charge in [0.1, 0.15) is 16.5 Å². The number of hydrogen-bond acceptors (Lipinski definition) is 4. The van der Waals surface area contributed by atoms with Gasteiger partial charge in [0.2, 0.25) is 0 Å². The van der Waals surface area contributed by atoms with Gasteiger partial charge >= 0.3 is 6.18 Å². The van der Waals surface area contributed by atoms with Crippen LogP contribution in [0.25, 0.3) is 0 Å². The molecule has 1 N–H and O–H groups in total. The van der Waals surface area contributed by atoms with E-state index in [0.717, 1.165) is 6.20 Å². The van der Waals surface area contributed by atoms with Crippen LogP contribution in [-0.4, -0.2) is 30.3 Å². The molecule has 146 valence electrons. The van der Waals surface area contributed by atoms with E-state index in [1.165, 1.54) is 12.1 Å². The Bertz CT molecular complexity index is 786. The molecule has 2 aromatic rings. The molecule has 0 saturated carbocycles. The number of ether oxygens (including phenoxy) is 2. The SMILES string of the molecule is CC(NC(=O)COc1cccc(Cl)c1Cl)c1ccc(OCC(F)(F)F)cn1. The Morgan fingerprint density at radius 2 is 1.96 bits per heavy atom. The summed E-state index contributed by atoms with van der Waals surface area (Å²) < 4.78 is 46.2. The van der Waals surface area contributed by atoms with Crippen LogP contribution < -0.4 is 14.8 Å². The Labute approximate surface area is 163 Å². The van der Waals surface area contributed by atoms with Gasteiger partial charge in [0, 0.05) is 0 Å². The molecule has 0 aliphatic carbocycles. The predicted molar refractivity (Wildman–Crippen MR) is 94.3 cm³/mol. The van der Waals surface area contributed by atoms with Gasteiger partial charge in [0.15, 0.2) is 13.2 Å². The van der Waals surface area contributed by atoms with Crippen LogP contribution in [0, 0.1) is 0 Å². The Kier molecular flexibility index (Phi) is 7.15. The van der Waals surface area contributed by atoms with Crippen LogP contribution >= 0.6 is 23.2 Å². The second-order valence-corrected chi connectivity index (χ2v) is 6.24. The first-order valence-electron chi connectivity index (χ1n) is 7.67. The van der Waals surface area contributed by atoms with E-state index < -0.39 is 24.7 Å². The lowest BCUT2D eigenvalue weighted by atomic mass is 10.2. The summed E-state index contributed by atoms with van der Waals surface area (Å²) in [6, 6.07) is 7.12. The maximum atomic E-state index is 12.1. The summed E-state index contributed by atoms with van der Waals surface area (Å²) in [7, 11) is 0. The molecular weight excluding hydrogens is 408 g/mol. The van der Waals surface area contributed by atoms with E-state index in [1.807, 2.05) is 0 Å². The summed E-state index contributed by atoms with van der Waals surface area (Å²) >= 11 is 11.8. The summed E-state index contributed by atoms with van der Waals surface area (Å²) in [6.45, 7) is -0.0241. The number of benzene rings is 1. The van der Waals surface area contributed by atoms with Gasteiger partial charge in [-0.05, 0) is 31.2 Å². The molecule has 1 unspecified atom stereocenters. The van der Waals surface area contributed by atoms with Crippen molar-refractivity contribution in [3.05, 3.63) is 52.3 Å². The topological polar surface area (TPSA) is 60.5 Å². The summed E-state index contributed by atoms with van der Waals surface area (Å²) in [4.78, 5) is 16.0. The molecule has 5 nitrogen and oxygen atoms in total. The fourth-order valence-corrected chi connectivity index (χ4v) is 2.34. The highest BCUT2D eigenvalue weighted by molar-refractivity contribution is 6.42. The number of carbonyl (C=O) groups is 1. The third-order valence-electron chi connectivity index (χ3n) is 3.26. The summed E-state index contributed by atoms with van der Waals surface area (Å²) in [6.07, 6.45) is -3.27. The first kappa shape index (κ1) is 21.1. The maximum Gasteiger partial charge on any atom is 0.422 e. The van der Waals surface area contributed by atoms with Crippen molar-refractivity contribution in [2.45, 2.75) is 19.1 Å². The van der Waals surface area contributed by atoms with Crippen molar-refractivity contribution in [2.75, 3.05) is 13.2 Å². The first-order valence-corrected chi connectivity index (χ1v) is 8.43. The lowest BCUT2D eigenvalue weighted by molar-refractivity contribution is -0.153. The molecule has 1 aromatic carbocycles. The van der Waals surface area contributed by atoms with Crippen LogP contribution in [0.3, 0.4) is 0 Å². The molecule has 0 bridgehead atoms. The lowest BCUT2D eigenvalue weighted by Crippen LogP contribution is -2.31. The van der Waals surface area contributed by atoms with E-state index in [1.54, 1.807) is 25.1 Å². The Morgan fingerprint density at radius 1 is 1.22 bits per heavy atom. The van der Waals surface area contributed by atoms with Crippen molar-refractivity contribution in [2.24, 2.45) is 0 Å². The number of hydrogen-bond donors (Lipinski definition) is 1. The van der Waals surface area contributed by atoms with Crippen molar-refractivity contribution >= 4 is 29.1 Å². The second-order valence-electron chi connectivity index (χ2n) is 5.45. The van der Waals surface area contributed by atoms with Gasteiger partial charge < -0.3 is 14.8 Å². The largest absolute Gasteiger partial charge is 0.483 e. The van der Waals surface area contributed by atoms with Crippen LogP contribution in [0.4, 0.5) is 13.2 Å². The highest BCUT2D eigenvalue weighted by Crippen LogP contribution is 2.31. The minimum Gasteiger partial charge on any atom is -0.483 e. The number of halogens is 5. The zero-order chi connectivity index (χ0) is 20.0. The van der Waals surface area contributed by atoms with Crippen molar-refractivity contribution in [3.63, 3.8) is 0 Å². The van der Waals surface area contributed by atoms with Gasteiger partial charge in [0.25, 0.3) is 5.91 Å². The maximum absolute atomic E-state index is 12.1. The monoisotopic (exact) mass is 422 g/mol. The molecule has 1 heterocycles. The molecular formula is C17H15Cl2F3N2O3. The fraction of sp³-hybridized carbons (Fsp3) is 0.294. The summed E-state index contributed by atoms with van der Waals surface area (Å²) in [5.74, 6) is -0.178. The van der Waals surface area contributed by atoms with Gasteiger partial charge in [-0.25, -0.2) is 0 Å². The molecule has 1 aromatic heterocycles. The third kappa shape index (κ3) is 6.80. The fourth-order valence-electron chi connectivity index (χ4n) is 1.99. The average molecular weight is 423 g/mol. The number of nitrogens with zero attached hydrogens (tertiary/aromatic N) is 1. The van der Waals surface area contributed by atoms with E-state index in [-0.39, 0.29) is 23.1 Å². The van der Waals surface area contributed by atoms with E-state index in [9.17, 15) is 18.0 Å². The van der Waals surface area contributed by atoms with E-state index in [4.69, 9.17) is 27.9 Å². The van der Waals surface area contributed by atoms with Crippen LogP contribution in [0.1, 0.15) is 18.7 Å². The molecule has 0 saturated heterocycles. The van der Waals surface area contributed by atoms with Crippen LogP contribution in [0.2, 0.25) is 10.0 Å². The number of carbonyl (C=O) groups excluding carboxylic acids is 1. The van der Waals surface area contributed by atoms with Crippen molar-refractivity contribution in [1.29, 1.82) is 0 Å². The number of alkyl halides is 3. The summed E-state index contributed by atoms with van der Waals surface area (Å²) in [5.41, 5.74) is 0.448. The number of amides is 1. The van der Waals surface area contributed by atoms with E-state index in [0.29, 0.717) is 10.7 Å². The minimum atomic E-state index is -4.42. The molecule has 2 rings (SSSR count). The highest BCUT2D eigenvalue weighted by atomic mass is 35.5. The molecule has 1 amide bonds. The van der Waals surface area contributed by atoms with Crippen LogP contribution in [0.15, 0.2) is 36.5 Å². The predicted octanol–water partition coefficient (Wildman–Crippen LogP) is 4.59. The van der Waals surface area contributed by atoms with Gasteiger partial charge in [0.05, 0.1) is 23.0 Å². The number of aromatic nitrogens is 1. The summed E-state index contributed by atoms with van der Waals surface area (Å²) in [5, 5.41) is 3.16. The third-order valence-corrected chi connectivity index (χ3v) is 4.06. The van der Waals surface area contributed by atoms with Gasteiger partial charge in [-0.3, -0.25) is 9.78 Å². The van der Waals surface area contributed by atoms with Crippen molar-refractivity contribution < 1.29 is 27.4 Å². The minimum absolute atomic E-state index is 0.0199. The van der Waals surface area contributed by atoms with Gasteiger partial charge in [-0.2, -0.15) is 13.2 Å². The normalized spacial score (nSPS) is 12.4. The number of nitrogens with one attached hydrogen (secondary N) is 1. The second kappa shape index (κ2) is 9.14. The standard InChI is InChI=1S/C17H15Cl2F3N2O3/c1-10(13-6-5-11(7-23-13)27-9-17(20,21)22)24-15(25)8-26-14-4-2-3-12(18)16(14)19/h2-7,10H,8-9H2,1H3,(H,24,25). The Balaban J connectivity index is 1.86. The zero-order valence-electron chi connectivity index (χ0n) is 14.0. The van der Waals surface area contributed by atoms with Gasteiger partial charge in [-0.15, -0.1) is 0 Å². The van der Waals surface area contributed by atoms with E-state index in [2.05, 4.69) is 15.0 Å². The van der Waals surface area contributed by atoms with E-state index >= 15 is 0 Å². The highest BCUT2D eigenvalue weighted by Gasteiger charge is 2.28. The Morgan fingerprint density at radius 3 is 2.59 bits per heavy atom. The number of pyridine rings is 1. The first-order chi connectivity index (χ1) is 12.7. The average Bonchev–Trinajstić information content (AvgIpc) is 2.61. The zero-order valence-corrected chi connectivity index (χ0v) is 15.5. The molecule has 0 fully saturated rings. The Hall–Kier alpha value is -2.19. The van der Waals surface area contributed by atoms with Gasteiger partial charge in [-0.1, -0.05) is 29.3 Å². The van der Waals surface area contributed by atoms with Crippen LogP contribution in [-0.2, 0) is 4.79 Å². The van der Waals surface area contributed by atoms with Crippen molar-refractivity contribution in [1.82, 2.24) is 10.3 Å². The van der Waals surface area contributed by atoms with Crippen molar-refractivity contribution in [3.8, 4) is 11.5 Å². The molecule has 1 atom stereocenters. The molecule has 10 heteroatoms. The number of rotatable bonds is 7. The quantitative estimate of drug-likeness (QED) is 0.708. The molecule has 0 spiro atoms. The molecule has 0 aliphatic rings.